The van der Waals surface area contributed by atoms with Gasteiger partial charge in [0.25, 0.3) is 0 Å². The Labute approximate surface area is 168 Å². The van der Waals surface area contributed by atoms with Gasteiger partial charge in [-0.2, -0.15) is 0 Å². The van der Waals surface area contributed by atoms with Crippen molar-refractivity contribution < 1.29 is 13.5 Å². The molecular weight excluding hydrogens is 386 g/mol. The average molecular weight is 405 g/mol. The maximum absolute atomic E-state index is 12.4. The molecule has 2 aromatic carbocycles. The van der Waals surface area contributed by atoms with Crippen LogP contribution in [0.2, 0.25) is 0 Å². The van der Waals surface area contributed by atoms with Gasteiger partial charge in [0.1, 0.15) is 17.1 Å². The second-order valence-corrected chi connectivity index (χ2v) is 8.66. The molecule has 0 amide bonds. The molecule has 0 aliphatic carbocycles. The maximum Gasteiger partial charge on any atom is 0.175 e. The van der Waals surface area contributed by atoms with Gasteiger partial charge in [-0.25, -0.2) is 13.4 Å². The van der Waals surface area contributed by atoms with E-state index in [4.69, 9.17) is 0 Å². The average Bonchev–Trinajstić information content (AvgIpc) is 2.73. The van der Waals surface area contributed by atoms with E-state index < -0.39 is 15.9 Å². The molecule has 0 spiro atoms. The van der Waals surface area contributed by atoms with Crippen LogP contribution >= 0.6 is 0 Å². The first-order chi connectivity index (χ1) is 13.9. The molecule has 6 nitrogen and oxygen atoms in total. The van der Waals surface area contributed by atoms with Crippen molar-refractivity contribution in [2.45, 2.75) is 10.9 Å². The standard InChI is InChI=1S/C22H19N3O3S/c1-29(27,28)18-9-3-2-8-16(18)21(25-19-10-4-5-13-23-19)17-12-11-15-7-6-14-24-20(15)22(17)26/h2-14,21,26H,1H3,(H,23,25). The molecule has 2 aromatic heterocycles. The quantitative estimate of drug-likeness (QED) is 0.522. The highest BCUT2D eigenvalue weighted by molar-refractivity contribution is 7.90. The SMILES string of the molecule is CS(=O)(=O)c1ccccc1C(Nc1ccccn1)c1ccc2cccnc2c1O. The van der Waals surface area contributed by atoms with Gasteiger partial charge >= 0.3 is 0 Å². The number of phenols is 1. The Kier molecular flexibility index (Phi) is 4.90. The van der Waals surface area contributed by atoms with Gasteiger partial charge in [0, 0.05) is 29.6 Å². The van der Waals surface area contributed by atoms with Gasteiger partial charge in [-0.05, 0) is 29.8 Å². The van der Waals surface area contributed by atoms with Crippen molar-refractivity contribution in [3.63, 3.8) is 0 Å². The molecule has 0 aliphatic heterocycles. The normalized spacial score (nSPS) is 12.6. The van der Waals surface area contributed by atoms with E-state index in [2.05, 4.69) is 15.3 Å². The summed E-state index contributed by atoms with van der Waals surface area (Å²) in [4.78, 5) is 8.77. The number of sulfone groups is 1. The molecule has 2 heterocycles. The molecule has 146 valence electrons. The minimum atomic E-state index is -3.49. The van der Waals surface area contributed by atoms with Crippen LogP contribution in [-0.2, 0) is 9.84 Å². The first-order valence-electron chi connectivity index (χ1n) is 8.98. The fourth-order valence-corrected chi connectivity index (χ4v) is 4.29. The first kappa shape index (κ1) is 18.9. The molecule has 0 aliphatic rings. The lowest BCUT2D eigenvalue weighted by Crippen LogP contribution is -2.17. The Hall–Kier alpha value is -3.45. The van der Waals surface area contributed by atoms with Crippen molar-refractivity contribution in [3.8, 4) is 5.75 Å². The molecule has 4 aromatic rings. The zero-order chi connectivity index (χ0) is 20.4. The predicted molar refractivity (Wildman–Crippen MR) is 113 cm³/mol. The van der Waals surface area contributed by atoms with Gasteiger partial charge in [-0.1, -0.05) is 42.5 Å². The van der Waals surface area contributed by atoms with Gasteiger partial charge in [-0.15, -0.1) is 0 Å². The van der Waals surface area contributed by atoms with Crippen LogP contribution in [0, 0.1) is 0 Å². The summed E-state index contributed by atoms with van der Waals surface area (Å²) in [5.74, 6) is 0.557. The van der Waals surface area contributed by atoms with Crippen molar-refractivity contribution >= 4 is 26.6 Å². The number of pyridine rings is 2. The highest BCUT2D eigenvalue weighted by Crippen LogP contribution is 2.38. The second kappa shape index (κ2) is 7.52. The van der Waals surface area contributed by atoms with Crippen molar-refractivity contribution in [3.05, 3.63) is 90.3 Å². The Bertz CT molecular complexity index is 1270. The maximum atomic E-state index is 12.4. The largest absolute Gasteiger partial charge is 0.505 e. The van der Waals surface area contributed by atoms with Crippen molar-refractivity contribution in [2.24, 2.45) is 0 Å². The molecule has 4 rings (SSSR count). The van der Waals surface area contributed by atoms with Gasteiger partial charge < -0.3 is 10.4 Å². The smallest absolute Gasteiger partial charge is 0.175 e. The van der Waals surface area contributed by atoms with Crippen LogP contribution in [0.15, 0.2) is 84.0 Å². The number of rotatable bonds is 5. The fraction of sp³-hybridized carbons (Fsp3) is 0.0909. The third kappa shape index (κ3) is 3.77. The first-order valence-corrected chi connectivity index (χ1v) is 10.9. The summed E-state index contributed by atoms with van der Waals surface area (Å²) in [6.07, 6.45) is 4.42. The van der Waals surface area contributed by atoms with Crippen LogP contribution in [0.5, 0.6) is 5.75 Å². The summed E-state index contributed by atoms with van der Waals surface area (Å²) in [6.45, 7) is 0. The number of nitrogens with one attached hydrogen (secondary N) is 1. The lowest BCUT2D eigenvalue weighted by atomic mass is 9.96. The van der Waals surface area contributed by atoms with E-state index in [0.717, 1.165) is 5.39 Å². The number of aromatic hydroxyl groups is 1. The molecule has 0 radical (unpaired) electrons. The highest BCUT2D eigenvalue weighted by Gasteiger charge is 2.25. The summed E-state index contributed by atoms with van der Waals surface area (Å²) in [7, 11) is -3.49. The number of hydrogen-bond donors (Lipinski definition) is 2. The van der Waals surface area contributed by atoms with Gasteiger partial charge in [0.2, 0.25) is 0 Å². The van der Waals surface area contributed by atoms with E-state index >= 15 is 0 Å². The van der Waals surface area contributed by atoms with Crippen molar-refractivity contribution in [2.75, 3.05) is 11.6 Å². The summed E-state index contributed by atoms with van der Waals surface area (Å²) in [5.41, 5.74) is 1.49. The summed E-state index contributed by atoms with van der Waals surface area (Å²) in [6, 6.07) is 18.8. The minimum absolute atomic E-state index is 0.000153. The number of phenolic OH excluding ortho intramolecular Hbond substituents is 1. The zero-order valence-electron chi connectivity index (χ0n) is 15.6. The monoisotopic (exact) mass is 405 g/mol. The molecule has 0 saturated carbocycles. The summed E-state index contributed by atoms with van der Waals surface area (Å²) in [5, 5.41) is 15.0. The Balaban J connectivity index is 1.95. The van der Waals surface area contributed by atoms with E-state index in [-0.39, 0.29) is 10.6 Å². The lowest BCUT2D eigenvalue weighted by Gasteiger charge is -2.23. The van der Waals surface area contributed by atoms with E-state index in [1.165, 1.54) is 6.26 Å². The Morgan fingerprint density at radius 2 is 1.62 bits per heavy atom. The van der Waals surface area contributed by atoms with E-state index in [0.29, 0.717) is 22.5 Å². The topological polar surface area (TPSA) is 92.2 Å². The second-order valence-electron chi connectivity index (χ2n) is 6.68. The number of nitrogens with zero attached hydrogens (tertiary/aromatic N) is 2. The lowest BCUT2D eigenvalue weighted by molar-refractivity contribution is 0.471. The summed E-state index contributed by atoms with van der Waals surface area (Å²) >= 11 is 0. The van der Waals surface area contributed by atoms with Crippen molar-refractivity contribution in [1.29, 1.82) is 0 Å². The molecule has 29 heavy (non-hydrogen) atoms. The fourth-order valence-electron chi connectivity index (χ4n) is 3.35. The number of fused-ring (bicyclic) bond motifs is 1. The molecule has 2 N–H and O–H groups in total. The molecule has 1 atom stereocenters. The van der Waals surface area contributed by atoms with E-state index in [1.807, 2.05) is 18.2 Å². The number of aromatic nitrogens is 2. The van der Waals surface area contributed by atoms with Crippen LogP contribution < -0.4 is 5.32 Å². The van der Waals surface area contributed by atoms with Crippen molar-refractivity contribution in [1.82, 2.24) is 9.97 Å². The van der Waals surface area contributed by atoms with Crippen LogP contribution in [-0.4, -0.2) is 29.7 Å². The van der Waals surface area contributed by atoms with Crippen LogP contribution in [0.3, 0.4) is 0 Å². The van der Waals surface area contributed by atoms with Gasteiger partial charge in [0.05, 0.1) is 10.9 Å². The Morgan fingerprint density at radius 3 is 2.38 bits per heavy atom. The predicted octanol–water partition coefficient (Wildman–Crippen LogP) is 3.94. The molecule has 1 unspecified atom stereocenters. The van der Waals surface area contributed by atoms with Gasteiger partial charge in [0.15, 0.2) is 9.84 Å². The van der Waals surface area contributed by atoms with E-state index in [1.54, 1.807) is 60.9 Å². The number of hydrogen-bond acceptors (Lipinski definition) is 6. The van der Waals surface area contributed by atoms with Crippen LogP contribution in [0.25, 0.3) is 10.9 Å². The third-order valence-electron chi connectivity index (χ3n) is 4.68. The highest BCUT2D eigenvalue weighted by atomic mass is 32.2. The zero-order valence-corrected chi connectivity index (χ0v) is 16.5. The number of anilines is 1. The van der Waals surface area contributed by atoms with Crippen LogP contribution in [0.4, 0.5) is 5.82 Å². The molecule has 0 saturated heterocycles. The summed E-state index contributed by atoms with van der Waals surface area (Å²) < 4.78 is 24.8. The van der Waals surface area contributed by atoms with Gasteiger partial charge in [-0.3, -0.25) is 4.98 Å². The Morgan fingerprint density at radius 1 is 0.862 bits per heavy atom. The number of benzene rings is 2. The molecule has 7 heteroatoms. The minimum Gasteiger partial charge on any atom is -0.505 e. The van der Waals surface area contributed by atoms with E-state index in [9.17, 15) is 13.5 Å². The molecular formula is C22H19N3O3S. The van der Waals surface area contributed by atoms with Crippen LogP contribution in [0.1, 0.15) is 17.2 Å². The molecule has 0 bridgehead atoms. The molecule has 0 fully saturated rings. The third-order valence-corrected chi connectivity index (χ3v) is 5.85.